The van der Waals surface area contributed by atoms with Gasteiger partial charge in [-0.25, -0.2) is 0 Å². The number of methoxy groups -OCH3 is 1. The highest BCUT2D eigenvalue weighted by molar-refractivity contribution is 5.36. The number of ether oxygens (including phenoxy) is 1. The number of aliphatic hydroxyl groups excluding tert-OH is 1. The number of nitrogens with two attached hydrogens (primary N) is 1. The molecule has 1 aliphatic carbocycles. The summed E-state index contributed by atoms with van der Waals surface area (Å²) >= 11 is 0. The Balaban J connectivity index is 2.19. The van der Waals surface area contributed by atoms with Gasteiger partial charge < -0.3 is 15.6 Å². The highest BCUT2D eigenvalue weighted by Crippen LogP contribution is 2.38. The Labute approximate surface area is 89.9 Å². The van der Waals surface area contributed by atoms with Crippen molar-refractivity contribution in [3.63, 3.8) is 0 Å². The normalized spacial score (nSPS) is 19.7. The van der Waals surface area contributed by atoms with Crippen LogP contribution in [-0.2, 0) is 0 Å². The van der Waals surface area contributed by atoms with Gasteiger partial charge in [0.15, 0.2) is 0 Å². The van der Waals surface area contributed by atoms with Gasteiger partial charge in [-0.3, -0.25) is 0 Å². The number of hydrogen-bond acceptors (Lipinski definition) is 3. The zero-order valence-electron chi connectivity index (χ0n) is 8.89. The van der Waals surface area contributed by atoms with Crippen LogP contribution < -0.4 is 10.5 Å². The molecule has 0 saturated heterocycles. The zero-order chi connectivity index (χ0) is 10.8. The van der Waals surface area contributed by atoms with Gasteiger partial charge in [0.2, 0.25) is 0 Å². The van der Waals surface area contributed by atoms with Gasteiger partial charge in [0.05, 0.1) is 19.3 Å². The van der Waals surface area contributed by atoms with Crippen molar-refractivity contribution in [3.05, 3.63) is 29.8 Å². The largest absolute Gasteiger partial charge is 0.496 e. The van der Waals surface area contributed by atoms with Crippen LogP contribution in [0, 0.1) is 5.92 Å². The van der Waals surface area contributed by atoms with E-state index in [4.69, 9.17) is 10.5 Å². The molecular weight excluding hydrogens is 190 g/mol. The Bertz CT molecular complexity index is 336. The average Bonchev–Trinajstić information content (AvgIpc) is 3.11. The van der Waals surface area contributed by atoms with Crippen molar-refractivity contribution < 1.29 is 9.84 Å². The first kappa shape index (κ1) is 10.5. The van der Waals surface area contributed by atoms with Crippen molar-refractivity contribution in [3.8, 4) is 5.75 Å². The van der Waals surface area contributed by atoms with E-state index in [1.165, 1.54) is 0 Å². The SMILES string of the molecule is COc1ccccc1[C@H](N)[C@H](O)C1CC1. The summed E-state index contributed by atoms with van der Waals surface area (Å²) in [5.74, 6) is 1.13. The average molecular weight is 207 g/mol. The third-order valence-electron chi connectivity index (χ3n) is 2.97. The third-order valence-corrected chi connectivity index (χ3v) is 2.97. The molecule has 2 atom stereocenters. The molecule has 1 saturated carbocycles. The molecule has 1 aromatic rings. The molecule has 0 bridgehead atoms. The molecule has 1 fully saturated rings. The predicted molar refractivity (Wildman–Crippen MR) is 58.7 cm³/mol. The highest BCUT2D eigenvalue weighted by Gasteiger charge is 2.35. The first-order chi connectivity index (χ1) is 7.24. The maximum atomic E-state index is 9.95. The number of hydrogen-bond donors (Lipinski definition) is 2. The van der Waals surface area contributed by atoms with Crippen molar-refractivity contribution in [2.75, 3.05) is 7.11 Å². The molecule has 0 unspecified atom stereocenters. The standard InChI is InChI=1S/C12H17NO2/c1-15-10-5-3-2-4-9(10)11(13)12(14)8-6-7-8/h2-5,8,11-12,14H,6-7,13H2,1H3/t11-,12+/m0/s1. The topological polar surface area (TPSA) is 55.5 Å². The van der Waals surface area contributed by atoms with Gasteiger partial charge in [-0.1, -0.05) is 18.2 Å². The van der Waals surface area contributed by atoms with Crippen LogP contribution in [0.3, 0.4) is 0 Å². The zero-order valence-corrected chi connectivity index (χ0v) is 8.89. The van der Waals surface area contributed by atoms with Crippen LogP contribution in [0.4, 0.5) is 0 Å². The first-order valence-corrected chi connectivity index (χ1v) is 5.30. The van der Waals surface area contributed by atoms with Crippen LogP contribution in [-0.4, -0.2) is 18.3 Å². The quantitative estimate of drug-likeness (QED) is 0.786. The molecule has 1 aromatic carbocycles. The van der Waals surface area contributed by atoms with Gasteiger partial charge in [-0.2, -0.15) is 0 Å². The van der Waals surface area contributed by atoms with E-state index >= 15 is 0 Å². The third kappa shape index (κ3) is 2.13. The number of rotatable bonds is 4. The smallest absolute Gasteiger partial charge is 0.123 e. The summed E-state index contributed by atoms with van der Waals surface area (Å²) in [6.07, 6.45) is 1.73. The summed E-state index contributed by atoms with van der Waals surface area (Å²) in [6.45, 7) is 0. The molecule has 0 radical (unpaired) electrons. The van der Waals surface area contributed by atoms with Crippen LogP contribution in [0.25, 0.3) is 0 Å². The lowest BCUT2D eigenvalue weighted by molar-refractivity contribution is 0.121. The number of aliphatic hydroxyl groups is 1. The summed E-state index contributed by atoms with van der Waals surface area (Å²) in [5.41, 5.74) is 6.91. The fourth-order valence-electron chi connectivity index (χ4n) is 1.86. The van der Waals surface area contributed by atoms with E-state index < -0.39 is 6.10 Å². The van der Waals surface area contributed by atoms with Crippen molar-refractivity contribution >= 4 is 0 Å². The van der Waals surface area contributed by atoms with E-state index in [1.54, 1.807) is 7.11 Å². The molecule has 3 heteroatoms. The minimum atomic E-state index is -0.443. The van der Waals surface area contributed by atoms with Crippen LogP contribution in [0.1, 0.15) is 24.4 Å². The fraction of sp³-hybridized carbons (Fsp3) is 0.500. The predicted octanol–water partition coefficient (Wildman–Crippen LogP) is 1.47. The molecule has 3 nitrogen and oxygen atoms in total. The second-order valence-electron chi connectivity index (χ2n) is 4.10. The molecule has 15 heavy (non-hydrogen) atoms. The van der Waals surface area contributed by atoms with Crippen molar-refractivity contribution in [2.24, 2.45) is 11.7 Å². The second kappa shape index (κ2) is 4.21. The van der Waals surface area contributed by atoms with E-state index in [0.29, 0.717) is 5.92 Å². The van der Waals surface area contributed by atoms with Gasteiger partial charge >= 0.3 is 0 Å². The summed E-state index contributed by atoms with van der Waals surface area (Å²) < 4.78 is 5.23. The van der Waals surface area contributed by atoms with Crippen LogP contribution >= 0.6 is 0 Å². The Morgan fingerprint density at radius 1 is 1.40 bits per heavy atom. The molecule has 0 aromatic heterocycles. The van der Waals surface area contributed by atoms with Gasteiger partial charge in [0.1, 0.15) is 5.75 Å². The lowest BCUT2D eigenvalue weighted by atomic mass is 9.98. The van der Waals surface area contributed by atoms with Crippen LogP contribution in [0.5, 0.6) is 5.75 Å². The molecule has 1 aliphatic rings. The molecular formula is C12H17NO2. The Morgan fingerprint density at radius 3 is 2.67 bits per heavy atom. The van der Waals surface area contributed by atoms with Gasteiger partial charge in [0, 0.05) is 5.56 Å². The number of para-hydroxylation sites is 1. The molecule has 0 heterocycles. The van der Waals surface area contributed by atoms with Crippen molar-refractivity contribution in [2.45, 2.75) is 25.0 Å². The maximum absolute atomic E-state index is 9.95. The molecule has 82 valence electrons. The van der Waals surface area contributed by atoms with E-state index in [-0.39, 0.29) is 6.04 Å². The van der Waals surface area contributed by atoms with Gasteiger partial charge in [-0.15, -0.1) is 0 Å². The Hall–Kier alpha value is -1.06. The Kier molecular flexibility index (Phi) is 2.93. The lowest BCUT2D eigenvalue weighted by Gasteiger charge is -2.20. The van der Waals surface area contributed by atoms with E-state index in [1.807, 2.05) is 24.3 Å². The lowest BCUT2D eigenvalue weighted by Crippen LogP contribution is -2.28. The van der Waals surface area contributed by atoms with Gasteiger partial charge in [-0.05, 0) is 24.8 Å². The van der Waals surface area contributed by atoms with E-state index in [9.17, 15) is 5.11 Å². The molecule has 0 aliphatic heterocycles. The highest BCUT2D eigenvalue weighted by atomic mass is 16.5. The monoisotopic (exact) mass is 207 g/mol. The molecule has 2 rings (SSSR count). The van der Waals surface area contributed by atoms with E-state index in [2.05, 4.69) is 0 Å². The first-order valence-electron chi connectivity index (χ1n) is 5.30. The minimum absolute atomic E-state index is 0.339. The van der Waals surface area contributed by atoms with Gasteiger partial charge in [0.25, 0.3) is 0 Å². The maximum Gasteiger partial charge on any atom is 0.123 e. The summed E-state index contributed by atoms with van der Waals surface area (Å²) in [7, 11) is 1.62. The minimum Gasteiger partial charge on any atom is -0.496 e. The van der Waals surface area contributed by atoms with Crippen molar-refractivity contribution in [1.29, 1.82) is 0 Å². The number of benzene rings is 1. The van der Waals surface area contributed by atoms with Crippen LogP contribution in [0.15, 0.2) is 24.3 Å². The summed E-state index contributed by atoms with van der Waals surface area (Å²) in [4.78, 5) is 0. The summed E-state index contributed by atoms with van der Waals surface area (Å²) in [6, 6.07) is 7.26. The van der Waals surface area contributed by atoms with E-state index in [0.717, 1.165) is 24.2 Å². The Morgan fingerprint density at radius 2 is 2.07 bits per heavy atom. The van der Waals surface area contributed by atoms with Crippen LogP contribution in [0.2, 0.25) is 0 Å². The molecule has 0 amide bonds. The fourth-order valence-corrected chi connectivity index (χ4v) is 1.86. The van der Waals surface area contributed by atoms with Crippen molar-refractivity contribution in [1.82, 2.24) is 0 Å². The second-order valence-corrected chi connectivity index (χ2v) is 4.10. The summed E-state index contributed by atoms with van der Waals surface area (Å²) in [5, 5.41) is 9.95. The molecule has 0 spiro atoms. The molecule has 3 N–H and O–H groups in total.